The Bertz CT molecular complexity index is 412. The summed E-state index contributed by atoms with van der Waals surface area (Å²) in [5.41, 5.74) is 0. The van der Waals surface area contributed by atoms with Gasteiger partial charge in [0.2, 0.25) is 0 Å². The first-order chi connectivity index (χ1) is 6.42. The first kappa shape index (κ1) is 11.0. The number of rotatable bonds is 3. The molecule has 0 saturated carbocycles. The van der Waals surface area contributed by atoms with Crippen LogP contribution in [0.2, 0.25) is 0 Å². The molecule has 0 aliphatic heterocycles. The van der Waals surface area contributed by atoms with Gasteiger partial charge in [-0.2, -0.15) is 0 Å². The van der Waals surface area contributed by atoms with Crippen molar-refractivity contribution < 1.29 is 17.9 Å². The van der Waals surface area contributed by atoms with Gasteiger partial charge in [-0.1, -0.05) is 6.07 Å². The highest BCUT2D eigenvalue weighted by atomic mass is 32.2. The van der Waals surface area contributed by atoms with Crippen molar-refractivity contribution in [2.24, 2.45) is 0 Å². The van der Waals surface area contributed by atoms with E-state index in [2.05, 4.69) is 0 Å². The van der Waals surface area contributed by atoms with Crippen molar-refractivity contribution in [2.75, 3.05) is 5.75 Å². The van der Waals surface area contributed by atoms with E-state index in [1.54, 1.807) is 0 Å². The molecule has 1 rings (SSSR count). The van der Waals surface area contributed by atoms with Gasteiger partial charge in [0.1, 0.15) is 11.9 Å². The first-order valence-corrected chi connectivity index (χ1v) is 5.73. The zero-order chi connectivity index (χ0) is 10.8. The molecule has 0 fully saturated rings. The average molecular weight is 218 g/mol. The Morgan fingerprint density at radius 3 is 2.64 bits per heavy atom. The molecule has 1 aromatic carbocycles. The molecule has 0 aliphatic carbocycles. The Morgan fingerprint density at radius 1 is 1.50 bits per heavy atom. The fourth-order valence-electron chi connectivity index (χ4n) is 1.08. The second kappa shape index (κ2) is 3.96. The zero-order valence-electron chi connectivity index (χ0n) is 7.64. The molecule has 0 saturated heterocycles. The van der Waals surface area contributed by atoms with Crippen LogP contribution in [-0.4, -0.2) is 25.4 Å². The third kappa shape index (κ3) is 2.70. The number of halogens is 1. The normalized spacial score (nSPS) is 13.9. The van der Waals surface area contributed by atoms with Gasteiger partial charge in [-0.25, -0.2) is 12.8 Å². The number of sulfone groups is 1. The minimum atomic E-state index is -3.62. The molecule has 0 amide bonds. The molecule has 5 heteroatoms. The molecule has 14 heavy (non-hydrogen) atoms. The van der Waals surface area contributed by atoms with Gasteiger partial charge in [-0.05, 0) is 25.1 Å². The summed E-state index contributed by atoms with van der Waals surface area (Å²) >= 11 is 0. The van der Waals surface area contributed by atoms with Crippen LogP contribution >= 0.6 is 0 Å². The molecule has 0 bridgehead atoms. The quantitative estimate of drug-likeness (QED) is 0.837. The fraction of sp³-hybridized carbons (Fsp3) is 0.333. The van der Waals surface area contributed by atoms with Gasteiger partial charge >= 0.3 is 0 Å². The van der Waals surface area contributed by atoms with Crippen molar-refractivity contribution in [1.82, 2.24) is 0 Å². The lowest BCUT2D eigenvalue weighted by Gasteiger charge is -2.04. The number of alkyl halides is 1. The zero-order valence-corrected chi connectivity index (χ0v) is 8.46. The minimum Gasteiger partial charge on any atom is -0.508 e. The lowest BCUT2D eigenvalue weighted by Crippen LogP contribution is -2.14. The second-order valence-electron chi connectivity index (χ2n) is 3.06. The highest BCUT2D eigenvalue weighted by Gasteiger charge is 2.18. The van der Waals surface area contributed by atoms with Crippen molar-refractivity contribution >= 4 is 9.84 Å². The number of benzene rings is 1. The van der Waals surface area contributed by atoms with Crippen molar-refractivity contribution in [3.05, 3.63) is 24.3 Å². The van der Waals surface area contributed by atoms with Gasteiger partial charge in [-0.15, -0.1) is 0 Å². The molecule has 1 atom stereocenters. The Balaban J connectivity index is 3.05. The third-order valence-corrected chi connectivity index (χ3v) is 3.50. The Kier molecular flexibility index (Phi) is 3.10. The van der Waals surface area contributed by atoms with E-state index in [1.807, 2.05) is 0 Å². The van der Waals surface area contributed by atoms with Crippen LogP contribution in [0.4, 0.5) is 4.39 Å². The van der Waals surface area contributed by atoms with Crippen molar-refractivity contribution in [1.29, 1.82) is 0 Å². The summed E-state index contributed by atoms with van der Waals surface area (Å²) in [5.74, 6) is -0.700. The van der Waals surface area contributed by atoms with Gasteiger partial charge in [0.25, 0.3) is 0 Å². The Hall–Kier alpha value is -1.10. The summed E-state index contributed by atoms with van der Waals surface area (Å²) in [6.45, 7) is 1.18. The van der Waals surface area contributed by atoms with Gasteiger partial charge < -0.3 is 5.11 Å². The molecule has 3 nitrogen and oxygen atoms in total. The summed E-state index contributed by atoms with van der Waals surface area (Å²) in [6.07, 6.45) is -1.41. The van der Waals surface area contributed by atoms with E-state index < -0.39 is 21.8 Å². The van der Waals surface area contributed by atoms with Crippen LogP contribution in [0.5, 0.6) is 5.75 Å². The smallest absolute Gasteiger partial charge is 0.181 e. The van der Waals surface area contributed by atoms with Crippen LogP contribution in [0.3, 0.4) is 0 Å². The molecule has 0 aliphatic rings. The molecule has 1 aromatic rings. The molecule has 1 unspecified atom stereocenters. The van der Waals surface area contributed by atoms with Gasteiger partial charge in [-0.3, -0.25) is 0 Å². The Labute approximate surface area is 82.1 Å². The number of phenols is 1. The van der Waals surface area contributed by atoms with E-state index in [1.165, 1.54) is 25.1 Å². The maximum Gasteiger partial charge on any atom is 0.181 e. The summed E-state index contributed by atoms with van der Waals surface area (Å²) in [6, 6.07) is 5.21. The van der Waals surface area contributed by atoms with Gasteiger partial charge in [0.05, 0.1) is 10.6 Å². The predicted octanol–water partition coefficient (Wildman–Crippen LogP) is 1.52. The minimum absolute atomic E-state index is 0.0537. The maximum absolute atomic E-state index is 12.5. The van der Waals surface area contributed by atoms with E-state index in [9.17, 15) is 12.8 Å². The molecule has 0 heterocycles. The van der Waals surface area contributed by atoms with Gasteiger partial charge in [0, 0.05) is 0 Å². The first-order valence-electron chi connectivity index (χ1n) is 4.07. The molecular formula is C9H11FO3S. The SMILES string of the molecule is CC(F)CS(=O)(=O)c1cccc(O)c1. The lowest BCUT2D eigenvalue weighted by atomic mass is 10.3. The van der Waals surface area contributed by atoms with Crippen molar-refractivity contribution in [3.8, 4) is 5.75 Å². The molecule has 0 radical (unpaired) electrons. The highest BCUT2D eigenvalue weighted by Crippen LogP contribution is 2.18. The van der Waals surface area contributed by atoms with Crippen molar-refractivity contribution in [3.63, 3.8) is 0 Å². The summed E-state index contributed by atoms with van der Waals surface area (Å²) in [7, 11) is -3.62. The van der Waals surface area contributed by atoms with Crippen LogP contribution in [0, 0.1) is 0 Å². The number of phenolic OH excluding ortho intramolecular Hbond substituents is 1. The number of aromatic hydroxyl groups is 1. The van der Waals surface area contributed by atoms with Crippen molar-refractivity contribution in [2.45, 2.75) is 18.0 Å². The van der Waals surface area contributed by atoms with Gasteiger partial charge in [0.15, 0.2) is 9.84 Å². The van der Waals surface area contributed by atoms with Crippen LogP contribution in [0.1, 0.15) is 6.92 Å². The van der Waals surface area contributed by atoms with Crippen LogP contribution in [0.15, 0.2) is 29.2 Å². The third-order valence-electron chi connectivity index (χ3n) is 1.63. The summed E-state index contributed by atoms with van der Waals surface area (Å²) in [4.78, 5) is -0.0537. The van der Waals surface area contributed by atoms with E-state index in [-0.39, 0.29) is 10.6 Å². The highest BCUT2D eigenvalue weighted by molar-refractivity contribution is 7.91. The van der Waals surface area contributed by atoms with E-state index >= 15 is 0 Å². The second-order valence-corrected chi connectivity index (χ2v) is 5.09. The van der Waals surface area contributed by atoms with Crippen LogP contribution in [0.25, 0.3) is 0 Å². The fourth-order valence-corrected chi connectivity index (χ4v) is 2.46. The van der Waals surface area contributed by atoms with Crippen LogP contribution < -0.4 is 0 Å². The predicted molar refractivity (Wildman–Crippen MR) is 50.7 cm³/mol. The molecule has 0 aromatic heterocycles. The van der Waals surface area contributed by atoms with E-state index in [0.717, 1.165) is 6.07 Å². The average Bonchev–Trinajstić information content (AvgIpc) is 2.01. The molecule has 1 N–H and O–H groups in total. The monoisotopic (exact) mass is 218 g/mol. The van der Waals surface area contributed by atoms with E-state index in [0.29, 0.717) is 0 Å². The molecule has 0 spiro atoms. The Morgan fingerprint density at radius 2 is 2.14 bits per heavy atom. The topological polar surface area (TPSA) is 54.4 Å². The maximum atomic E-state index is 12.5. The van der Waals surface area contributed by atoms with E-state index in [4.69, 9.17) is 5.11 Å². The molecular weight excluding hydrogens is 207 g/mol. The summed E-state index contributed by atoms with van der Waals surface area (Å²) in [5, 5.41) is 9.05. The largest absolute Gasteiger partial charge is 0.508 e. The standard InChI is InChI=1S/C9H11FO3S/c1-7(10)6-14(12,13)9-4-2-3-8(11)5-9/h2-5,7,11H,6H2,1H3. The molecule has 78 valence electrons. The number of hydrogen-bond donors (Lipinski definition) is 1. The lowest BCUT2D eigenvalue weighted by molar-refractivity contribution is 0.391. The van der Waals surface area contributed by atoms with Crippen LogP contribution in [-0.2, 0) is 9.84 Å². The number of hydrogen-bond acceptors (Lipinski definition) is 3. The summed E-state index contributed by atoms with van der Waals surface area (Å²) < 4.78 is 35.4.